The molecule has 0 aliphatic carbocycles. The number of esters is 1. The van der Waals surface area contributed by atoms with E-state index in [9.17, 15) is 28.1 Å². The van der Waals surface area contributed by atoms with Crippen LogP contribution in [-0.2, 0) is 19.6 Å². The molecule has 0 bridgehead atoms. The number of rotatable bonds is 6. The van der Waals surface area contributed by atoms with Crippen LogP contribution in [0, 0.1) is 31.1 Å². The van der Waals surface area contributed by atoms with Gasteiger partial charge in [0.1, 0.15) is 23.2 Å². The number of nitriles is 1. The smallest absolute Gasteiger partial charge is 0.341 e. The number of pyridine rings is 1. The van der Waals surface area contributed by atoms with E-state index in [1.807, 2.05) is 10.8 Å². The number of carbonyl (C=O) groups excluding carboxylic acids is 2. The molecule has 0 aromatic carbocycles. The molecule has 3 rings (SSSR count). The van der Waals surface area contributed by atoms with Crippen molar-refractivity contribution < 1.29 is 37.1 Å². The van der Waals surface area contributed by atoms with Gasteiger partial charge in [0, 0.05) is 19.2 Å². The molecule has 13 heteroatoms. The summed E-state index contributed by atoms with van der Waals surface area (Å²) in [6.45, 7) is 3.01. The third kappa shape index (κ3) is 4.12. The number of aromatic nitrogens is 1. The predicted octanol–water partition coefficient (Wildman–Crippen LogP) is 0.589. The first kappa shape index (κ1) is 22.8. The van der Waals surface area contributed by atoms with Crippen LogP contribution in [0.4, 0.5) is 5.82 Å². The van der Waals surface area contributed by atoms with Crippen molar-refractivity contribution in [3.8, 4) is 6.07 Å². The molecule has 1 aliphatic rings. The molecule has 1 fully saturated rings. The molecule has 1 saturated heterocycles. The standard InChI is InChI=1S/C19H18N4O8S/c1-9-13(18(25)26)4-11(6-20)16(21-9)23-7-12(8-23)17(24)22-32(28,29)15-5-14(10(2)31-15)19(27)30-3/h4-5,12H,7-8H2,1-3H3,(H,22,24)(H,25,26). The molecular formula is C19H18N4O8S. The molecule has 2 aromatic rings. The molecule has 0 unspecified atom stereocenters. The summed E-state index contributed by atoms with van der Waals surface area (Å²) in [5.41, 5.74) is 0.0502. The quantitative estimate of drug-likeness (QED) is 0.573. The normalized spacial score (nSPS) is 13.8. The molecule has 3 heterocycles. The van der Waals surface area contributed by atoms with E-state index in [1.165, 1.54) is 19.9 Å². The Bertz CT molecular complexity index is 1270. The molecule has 0 radical (unpaired) electrons. The summed E-state index contributed by atoms with van der Waals surface area (Å²) < 4.78 is 36.5. The van der Waals surface area contributed by atoms with E-state index in [0.29, 0.717) is 0 Å². The van der Waals surface area contributed by atoms with Crippen molar-refractivity contribution >= 4 is 33.7 Å². The van der Waals surface area contributed by atoms with Gasteiger partial charge in [-0.3, -0.25) is 4.79 Å². The average Bonchev–Trinajstić information content (AvgIpc) is 3.08. The number of carboxylic acids is 1. The number of aromatic carboxylic acids is 1. The van der Waals surface area contributed by atoms with Gasteiger partial charge in [0.05, 0.1) is 29.8 Å². The lowest BCUT2D eigenvalue weighted by atomic mass is 9.98. The zero-order valence-corrected chi connectivity index (χ0v) is 18.0. The molecule has 1 aliphatic heterocycles. The van der Waals surface area contributed by atoms with Crippen LogP contribution in [0.5, 0.6) is 0 Å². The van der Waals surface area contributed by atoms with Crippen molar-refractivity contribution in [1.29, 1.82) is 5.26 Å². The van der Waals surface area contributed by atoms with Crippen LogP contribution in [0.15, 0.2) is 21.6 Å². The van der Waals surface area contributed by atoms with Crippen molar-refractivity contribution in [3.63, 3.8) is 0 Å². The van der Waals surface area contributed by atoms with Crippen LogP contribution in [-0.4, -0.2) is 56.6 Å². The molecule has 32 heavy (non-hydrogen) atoms. The number of methoxy groups -OCH3 is 1. The van der Waals surface area contributed by atoms with Crippen molar-refractivity contribution in [2.24, 2.45) is 5.92 Å². The number of nitrogens with zero attached hydrogens (tertiary/aromatic N) is 3. The fraction of sp³-hybridized carbons (Fsp3) is 0.316. The summed E-state index contributed by atoms with van der Waals surface area (Å²) in [7, 11) is -3.23. The predicted molar refractivity (Wildman–Crippen MR) is 106 cm³/mol. The van der Waals surface area contributed by atoms with Crippen molar-refractivity contribution in [2.75, 3.05) is 25.1 Å². The maximum atomic E-state index is 12.5. The maximum Gasteiger partial charge on any atom is 0.341 e. The minimum absolute atomic E-state index is 0.0229. The highest BCUT2D eigenvalue weighted by Gasteiger charge is 2.38. The Hall–Kier alpha value is -3.92. The molecule has 1 amide bonds. The summed E-state index contributed by atoms with van der Waals surface area (Å²) in [5.74, 6) is -3.28. The minimum Gasteiger partial charge on any atom is -0.478 e. The largest absolute Gasteiger partial charge is 0.478 e. The van der Waals surface area contributed by atoms with E-state index in [4.69, 9.17) is 9.52 Å². The van der Waals surface area contributed by atoms with Gasteiger partial charge in [-0.05, 0) is 19.9 Å². The molecule has 168 valence electrons. The van der Waals surface area contributed by atoms with Crippen LogP contribution < -0.4 is 9.62 Å². The van der Waals surface area contributed by atoms with Crippen molar-refractivity contribution in [1.82, 2.24) is 9.71 Å². The number of sulfonamides is 1. The number of amides is 1. The highest BCUT2D eigenvalue weighted by Crippen LogP contribution is 2.28. The van der Waals surface area contributed by atoms with E-state index in [2.05, 4.69) is 9.72 Å². The number of hydrogen-bond acceptors (Lipinski definition) is 10. The monoisotopic (exact) mass is 462 g/mol. The third-order valence-corrected chi connectivity index (χ3v) is 6.10. The van der Waals surface area contributed by atoms with Gasteiger partial charge in [0.15, 0.2) is 0 Å². The van der Waals surface area contributed by atoms with Gasteiger partial charge in [0.2, 0.25) is 11.0 Å². The molecule has 12 nitrogen and oxygen atoms in total. The lowest BCUT2D eigenvalue weighted by Crippen LogP contribution is -2.55. The Labute approximate surface area is 182 Å². The highest BCUT2D eigenvalue weighted by atomic mass is 32.2. The van der Waals surface area contributed by atoms with Gasteiger partial charge >= 0.3 is 11.9 Å². The van der Waals surface area contributed by atoms with Crippen LogP contribution in [0.3, 0.4) is 0 Å². The van der Waals surface area contributed by atoms with Crippen LogP contribution >= 0.6 is 0 Å². The fourth-order valence-electron chi connectivity index (χ4n) is 3.12. The third-order valence-electron chi connectivity index (χ3n) is 4.90. The maximum absolute atomic E-state index is 12.5. The number of nitrogens with one attached hydrogen (secondary N) is 1. The number of anilines is 1. The Kier molecular flexibility index (Phi) is 5.91. The lowest BCUT2D eigenvalue weighted by Gasteiger charge is -2.39. The number of furan rings is 1. The Morgan fingerprint density at radius 1 is 1.28 bits per heavy atom. The van der Waals surface area contributed by atoms with Crippen LogP contribution in [0.2, 0.25) is 0 Å². The number of hydrogen-bond donors (Lipinski definition) is 2. The first-order valence-corrected chi connectivity index (χ1v) is 10.6. The Morgan fingerprint density at radius 2 is 1.94 bits per heavy atom. The topological polar surface area (TPSA) is 180 Å². The molecule has 2 N–H and O–H groups in total. The SMILES string of the molecule is COC(=O)c1cc(S(=O)(=O)NC(=O)C2CN(c3nc(C)c(C(=O)O)cc3C#N)C2)oc1C. The van der Waals surface area contributed by atoms with Gasteiger partial charge in [-0.2, -0.15) is 13.7 Å². The average molecular weight is 462 g/mol. The fourth-order valence-corrected chi connectivity index (χ4v) is 4.16. The molecule has 0 spiro atoms. The van der Waals surface area contributed by atoms with E-state index >= 15 is 0 Å². The van der Waals surface area contributed by atoms with Crippen molar-refractivity contribution in [3.05, 3.63) is 40.3 Å². The van der Waals surface area contributed by atoms with E-state index in [-0.39, 0.29) is 47.1 Å². The van der Waals surface area contributed by atoms with E-state index in [1.54, 1.807) is 4.90 Å². The number of carboxylic acid groups (broad SMARTS) is 1. The molecular weight excluding hydrogens is 444 g/mol. The highest BCUT2D eigenvalue weighted by molar-refractivity contribution is 7.89. The van der Waals surface area contributed by atoms with Gasteiger partial charge in [-0.15, -0.1) is 0 Å². The Balaban J connectivity index is 1.71. The van der Waals surface area contributed by atoms with Crippen molar-refractivity contribution in [2.45, 2.75) is 18.9 Å². The molecule has 2 aromatic heterocycles. The first-order chi connectivity index (χ1) is 15.0. The second-order valence-corrected chi connectivity index (χ2v) is 8.62. The number of aryl methyl sites for hydroxylation is 2. The molecule has 0 saturated carbocycles. The summed E-state index contributed by atoms with van der Waals surface area (Å²) in [5, 5.41) is 17.9. The Morgan fingerprint density at radius 3 is 2.50 bits per heavy atom. The zero-order chi connectivity index (χ0) is 23.8. The molecule has 0 atom stereocenters. The zero-order valence-electron chi connectivity index (χ0n) is 17.2. The number of ether oxygens (including phenoxy) is 1. The summed E-state index contributed by atoms with van der Waals surface area (Å²) in [6, 6.07) is 4.05. The van der Waals surface area contributed by atoms with Gasteiger partial charge in [-0.25, -0.2) is 19.3 Å². The number of carbonyl (C=O) groups is 3. The van der Waals surface area contributed by atoms with Crippen LogP contribution in [0.1, 0.15) is 37.7 Å². The second kappa shape index (κ2) is 8.31. The summed E-state index contributed by atoms with van der Waals surface area (Å²) in [6.07, 6.45) is 0. The van der Waals surface area contributed by atoms with Crippen LogP contribution in [0.25, 0.3) is 0 Å². The van der Waals surface area contributed by atoms with Gasteiger partial charge < -0.3 is 19.2 Å². The summed E-state index contributed by atoms with van der Waals surface area (Å²) in [4.78, 5) is 41.0. The lowest BCUT2D eigenvalue weighted by molar-refractivity contribution is -0.123. The van der Waals surface area contributed by atoms with Gasteiger partial charge in [0.25, 0.3) is 10.0 Å². The van der Waals surface area contributed by atoms with E-state index < -0.39 is 38.9 Å². The second-order valence-electron chi connectivity index (χ2n) is 7.01. The first-order valence-electron chi connectivity index (χ1n) is 9.13. The van der Waals surface area contributed by atoms with E-state index in [0.717, 1.165) is 13.2 Å². The minimum atomic E-state index is -4.37. The van der Waals surface area contributed by atoms with Gasteiger partial charge in [-0.1, -0.05) is 0 Å². The summed E-state index contributed by atoms with van der Waals surface area (Å²) >= 11 is 0.